The summed E-state index contributed by atoms with van der Waals surface area (Å²) < 4.78 is 27.9. The maximum Gasteiger partial charge on any atom is 0.273 e. The minimum atomic E-state index is -3.84. The van der Waals surface area contributed by atoms with Gasteiger partial charge in [-0.15, -0.1) is 0 Å². The maximum atomic E-state index is 13.5. The van der Waals surface area contributed by atoms with Gasteiger partial charge in [0.1, 0.15) is 10.3 Å². The van der Waals surface area contributed by atoms with Crippen molar-refractivity contribution < 1.29 is 8.42 Å². The third-order valence-corrected chi connectivity index (χ3v) is 7.60. The topological polar surface area (TPSA) is 71.9 Å². The quantitative estimate of drug-likeness (QED) is 0.760. The summed E-state index contributed by atoms with van der Waals surface area (Å²) >= 11 is 3.44. The standard InChI is InChI=1S/C18H19BrN2O3S/c1-3-4-5-14-12-15(19)6-9-18(14,2)25(23,24)21-11-8-13-7-10-20-17(22)16(13)21/h3-4,6-8,10-12H,5,9H2,1-2H3,(H,20,22)/b4-3+. The maximum absolute atomic E-state index is 13.5. The van der Waals surface area contributed by atoms with E-state index in [9.17, 15) is 13.2 Å². The number of halogens is 1. The number of aromatic amines is 1. The van der Waals surface area contributed by atoms with Crippen molar-refractivity contribution in [1.29, 1.82) is 0 Å². The van der Waals surface area contributed by atoms with E-state index in [-0.39, 0.29) is 5.52 Å². The molecule has 0 saturated carbocycles. The number of fused-ring (bicyclic) bond motifs is 1. The van der Waals surface area contributed by atoms with E-state index in [0.29, 0.717) is 18.2 Å². The molecule has 0 radical (unpaired) electrons. The first-order chi connectivity index (χ1) is 11.8. The Hall–Kier alpha value is -1.86. The molecule has 1 atom stereocenters. The van der Waals surface area contributed by atoms with Crippen molar-refractivity contribution in [3.63, 3.8) is 0 Å². The highest BCUT2D eigenvalue weighted by atomic mass is 79.9. The predicted octanol–water partition coefficient (Wildman–Crippen LogP) is 3.84. The van der Waals surface area contributed by atoms with E-state index in [1.165, 1.54) is 12.4 Å². The molecule has 0 amide bonds. The first-order valence-corrected chi connectivity index (χ1v) is 10.2. The number of hydrogen-bond donors (Lipinski definition) is 1. The molecule has 7 heteroatoms. The molecule has 2 aromatic rings. The second-order valence-corrected chi connectivity index (χ2v) is 9.35. The molecule has 0 bridgehead atoms. The van der Waals surface area contributed by atoms with E-state index in [1.807, 2.05) is 31.2 Å². The van der Waals surface area contributed by atoms with Crippen LogP contribution in [0.2, 0.25) is 0 Å². The van der Waals surface area contributed by atoms with Crippen molar-refractivity contribution in [3.05, 3.63) is 69.2 Å². The van der Waals surface area contributed by atoms with E-state index < -0.39 is 20.3 Å². The Balaban J connectivity index is 2.21. The van der Waals surface area contributed by atoms with E-state index in [2.05, 4.69) is 20.9 Å². The third-order valence-electron chi connectivity index (χ3n) is 4.66. The van der Waals surface area contributed by atoms with Gasteiger partial charge in [0.05, 0.1) is 0 Å². The fourth-order valence-corrected chi connectivity index (χ4v) is 5.37. The van der Waals surface area contributed by atoms with Crippen molar-refractivity contribution in [2.45, 2.75) is 31.4 Å². The van der Waals surface area contributed by atoms with Gasteiger partial charge in [0, 0.05) is 22.3 Å². The molecular formula is C18H19BrN2O3S. The van der Waals surface area contributed by atoms with Crippen LogP contribution in [0.3, 0.4) is 0 Å². The van der Waals surface area contributed by atoms with Crippen LogP contribution in [-0.2, 0) is 10.0 Å². The lowest BCUT2D eigenvalue weighted by molar-refractivity contribution is 0.543. The second kappa shape index (κ2) is 6.46. The first kappa shape index (κ1) is 17.9. The number of hydrogen-bond acceptors (Lipinski definition) is 3. The van der Waals surface area contributed by atoms with Gasteiger partial charge in [-0.1, -0.05) is 34.2 Å². The summed E-state index contributed by atoms with van der Waals surface area (Å²) in [5.74, 6) is 0. The van der Waals surface area contributed by atoms with Gasteiger partial charge < -0.3 is 4.98 Å². The number of aromatic nitrogens is 2. The summed E-state index contributed by atoms with van der Waals surface area (Å²) in [4.78, 5) is 14.8. The lowest BCUT2D eigenvalue weighted by Crippen LogP contribution is -2.42. The lowest BCUT2D eigenvalue weighted by atomic mass is 9.90. The van der Waals surface area contributed by atoms with Crippen molar-refractivity contribution in [2.24, 2.45) is 0 Å². The summed E-state index contributed by atoms with van der Waals surface area (Å²) in [6.45, 7) is 3.62. The SMILES string of the molecule is C/C=C/CC1=CC(Br)=CCC1(C)S(=O)(=O)n1ccc2cc[nH]c(=O)c21. The molecule has 0 fully saturated rings. The summed E-state index contributed by atoms with van der Waals surface area (Å²) in [7, 11) is -3.84. The Kier molecular flexibility index (Phi) is 4.64. The van der Waals surface area contributed by atoms with Gasteiger partial charge in [-0.3, -0.25) is 4.79 Å². The van der Waals surface area contributed by atoms with Gasteiger partial charge in [0.15, 0.2) is 0 Å². The van der Waals surface area contributed by atoms with Crippen LogP contribution in [0.5, 0.6) is 0 Å². The van der Waals surface area contributed by atoms with Crippen molar-refractivity contribution in [2.75, 3.05) is 0 Å². The molecule has 1 unspecified atom stereocenters. The Morgan fingerprint density at radius 1 is 1.40 bits per heavy atom. The lowest BCUT2D eigenvalue weighted by Gasteiger charge is -2.33. The zero-order valence-electron chi connectivity index (χ0n) is 14.0. The summed E-state index contributed by atoms with van der Waals surface area (Å²) in [5.41, 5.74) is 0.526. The Bertz CT molecular complexity index is 1070. The molecule has 2 heterocycles. The zero-order chi connectivity index (χ0) is 18.2. The highest BCUT2D eigenvalue weighted by Crippen LogP contribution is 2.40. The number of H-pyrrole nitrogens is 1. The molecule has 5 nitrogen and oxygen atoms in total. The van der Waals surface area contributed by atoms with Gasteiger partial charge in [-0.2, -0.15) is 0 Å². The molecule has 2 aromatic heterocycles. The first-order valence-electron chi connectivity index (χ1n) is 7.93. The highest BCUT2D eigenvalue weighted by Gasteiger charge is 2.44. The van der Waals surface area contributed by atoms with Crippen LogP contribution in [0.25, 0.3) is 10.9 Å². The Labute approximate surface area is 154 Å². The van der Waals surface area contributed by atoms with Gasteiger partial charge in [0.25, 0.3) is 5.56 Å². The normalized spacial score (nSPS) is 21.6. The van der Waals surface area contributed by atoms with E-state index >= 15 is 0 Å². The van der Waals surface area contributed by atoms with E-state index in [0.717, 1.165) is 14.0 Å². The average molecular weight is 423 g/mol. The molecule has 1 aliphatic rings. The fraction of sp³-hybridized carbons (Fsp3) is 0.278. The van der Waals surface area contributed by atoms with Crippen LogP contribution in [0, 0.1) is 0 Å². The smallest absolute Gasteiger partial charge is 0.273 e. The average Bonchev–Trinajstić information content (AvgIpc) is 3.02. The monoisotopic (exact) mass is 422 g/mol. The minimum Gasteiger partial charge on any atom is -0.327 e. The number of nitrogens with one attached hydrogen (secondary N) is 1. The van der Waals surface area contributed by atoms with Crippen LogP contribution < -0.4 is 5.56 Å². The van der Waals surface area contributed by atoms with Gasteiger partial charge in [-0.25, -0.2) is 12.4 Å². The molecular weight excluding hydrogens is 404 g/mol. The molecule has 0 spiro atoms. The Morgan fingerprint density at radius 2 is 2.16 bits per heavy atom. The molecule has 132 valence electrons. The minimum absolute atomic E-state index is 0.155. The molecule has 3 rings (SSSR count). The molecule has 0 aromatic carbocycles. The van der Waals surface area contributed by atoms with Crippen LogP contribution >= 0.6 is 15.9 Å². The van der Waals surface area contributed by atoms with Crippen LogP contribution in [-0.4, -0.2) is 22.1 Å². The third kappa shape index (κ3) is 2.85. The zero-order valence-corrected chi connectivity index (χ0v) is 16.4. The molecule has 0 aliphatic heterocycles. The molecule has 1 N–H and O–H groups in total. The van der Waals surface area contributed by atoms with Gasteiger partial charge in [-0.05, 0) is 50.5 Å². The number of nitrogens with zero attached hydrogens (tertiary/aromatic N) is 1. The van der Waals surface area contributed by atoms with E-state index in [4.69, 9.17) is 0 Å². The number of pyridine rings is 1. The summed E-state index contributed by atoms with van der Waals surface area (Å²) in [6, 6.07) is 3.34. The summed E-state index contributed by atoms with van der Waals surface area (Å²) in [6.07, 6.45) is 11.4. The second-order valence-electron chi connectivity index (χ2n) is 6.19. The van der Waals surface area contributed by atoms with Crippen LogP contribution in [0.1, 0.15) is 26.7 Å². The van der Waals surface area contributed by atoms with Crippen LogP contribution in [0.4, 0.5) is 0 Å². The number of allylic oxidation sites excluding steroid dienone is 5. The molecule has 1 aliphatic carbocycles. The summed E-state index contributed by atoms with van der Waals surface area (Å²) in [5, 5.41) is 0.599. The highest BCUT2D eigenvalue weighted by molar-refractivity contribution is 9.11. The Morgan fingerprint density at radius 3 is 2.88 bits per heavy atom. The predicted molar refractivity (Wildman–Crippen MR) is 104 cm³/mol. The van der Waals surface area contributed by atoms with E-state index in [1.54, 1.807) is 19.1 Å². The van der Waals surface area contributed by atoms with Crippen molar-refractivity contribution in [3.8, 4) is 0 Å². The van der Waals surface area contributed by atoms with Crippen molar-refractivity contribution in [1.82, 2.24) is 8.96 Å². The number of rotatable bonds is 4. The largest absolute Gasteiger partial charge is 0.327 e. The van der Waals surface area contributed by atoms with Gasteiger partial charge >= 0.3 is 0 Å². The van der Waals surface area contributed by atoms with Crippen LogP contribution in [0.15, 0.2) is 63.7 Å². The fourth-order valence-electron chi connectivity index (χ4n) is 3.08. The van der Waals surface area contributed by atoms with Gasteiger partial charge in [0.2, 0.25) is 10.0 Å². The molecule has 0 saturated heterocycles. The molecule has 25 heavy (non-hydrogen) atoms. The van der Waals surface area contributed by atoms with Crippen molar-refractivity contribution >= 4 is 36.9 Å².